The quantitative estimate of drug-likeness (QED) is 0.267. The lowest BCUT2D eigenvalue weighted by molar-refractivity contribution is -0.113. The topological polar surface area (TPSA) is 64.0 Å². The number of carbonyl (C=O) groups excluding carboxylic acids is 1. The number of allylic oxidation sites excluding steroid dienone is 1. The highest BCUT2D eigenvalue weighted by Crippen LogP contribution is 2.36. The molecule has 1 aromatic carbocycles. The van der Waals surface area contributed by atoms with Gasteiger partial charge in [0.2, 0.25) is 5.91 Å². The van der Waals surface area contributed by atoms with Crippen LogP contribution >= 0.6 is 46.3 Å². The first-order chi connectivity index (χ1) is 14.9. The van der Waals surface area contributed by atoms with Crippen LogP contribution in [0.2, 0.25) is 10.0 Å². The van der Waals surface area contributed by atoms with Crippen molar-refractivity contribution in [2.45, 2.75) is 37.9 Å². The lowest BCUT2D eigenvalue weighted by Crippen LogP contribution is -2.24. The third-order valence-corrected chi connectivity index (χ3v) is 7.92. The van der Waals surface area contributed by atoms with Gasteiger partial charge in [-0.2, -0.15) is 0 Å². The summed E-state index contributed by atoms with van der Waals surface area (Å²) in [6.07, 6.45) is 4.66. The van der Waals surface area contributed by atoms with Crippen molar-refractivity contribution in [1.29, 1.82) is 0 Å². The van der Waals surface area contributed by atoms with Crippen molar-refractivity contribution in [2.75, 3.05) is 11.1 Å². The van der Waals surface area contributed by atoms with Crippen molar-refractivity contribution < 1.29 is 4.79 Å². The summed E-state index contributed by atoms with van der Waals surface area (Å²) >= 11 is 14.9. The monoisotopic (exact) mass is 493 g/mol. The number of rotatable bonds is 6. The molecule has 1 unspecified atom stereocenters. The van der Waals surface area contributed by atoms with Crippen LogP contribution in [0.1, 0.15) is 23.8 Å². The van der Waals surface area contributed by atoms with E-state index in [-0.39, 0.29) is 17.2 Å². The van der Waals surface area contributed by atoms with Gasteiger partial charge in [-0.3, -0.25) is 14.2 Å². The minimum atomic E-state index is -0.257. The Labute approximate surface area is 198 Å². The summed E-state index contributed by atoms with van der Waals surface area (Å²) in [6, 6.07) is 4.88. The van der Waals surface area contributed by atoms with Gasteiger partial charge in [0.15, 0.2) is 5.16 Å². The third kappa shape index (κ3) is 4.70. The van der Waals surface area contributed by atoms with Gasteiger partial charge in [-0.25, -0.2) is 4.98 Å². The highest BCUT2D eigenvalue weighted by molar-refractivity contribution is 7.99. The van der Waals surface area contributed by atoms with E-state index in [2.05, 4.69) is 18.8 Å². The Kier molecular flexibility index (Phi) is 6.77. The van der Waals surface area contributed by atoms with Gasteiger partial charge in [0.1, 0.15) is 4.83 Å². The van der Waals surface area contributed by atoms with E-state index in [0.717, 1.165) is 35.0 Å². The van der Waals surface area contributed by atoms with Crippen LogP contribution < -0.4 is 10.9 Å². The second-order valence-corrected chi connectivity index (χ2v) is 10.5. The summed E-state index contributed by atoms with van der Waals surface area (Å²) in [5.41, 5.74) is 1.54. The average molecular weight is 494 g/mol. The van der Waals surface area contributed by atoms with Crippen LogP contribution in [-0.2, 0) is 24.2 Å². The van der Waals surface area contributed by atoms with Crippen LogP contribution in [0.25, 0.3) is 10.2 Å². The van der Waals surface area contributed by atoms with Gasteiger partial charge in [0.25, 0.3) is 5.56 Å². The fourth-order valence-electron chi connectivity index (χ4n) is 3.71. The Hall–Kier alpha value is -1.80. The lowest BCUT2D eigenvalue weighted by Gasteiger charge is -2.17. The number of thioether (sulfide) groups is 1. The number of hydrogen-bond acceptors (Lipinski definition) is 5. The standard InChI is InChI=1S/C22H21Cl2N3O2S2/c1-3-8-27-21(29)19-14-6-4-12(2)9-17(14)31-20(19)26-22(27)30-11-18(28)25-16-10-13(23)5-7-15(16)24/h3,5,7,10,12H,1,4,6,8-9,11H2,2H3,(H,25,28). The van der Waals surface area contributed by atoms with Crippen LogP contribution in [0.5, 0.6) is 0 Å². The maximum absolute atomic E-state index is 13.3. The number of amides is 1. The molecule has 0 spiro atoms. The first kappa shape index (κ1) is 22.4. The van der Waals surface area contributed by atoms with E-state index in [1.165, 1.54) is 16.6 Å². The molecule has 0 saturated carbocycles. The first-order valence-corrected chi connectivity index (χ1v) is 12.5. The number of anilines is 1. The Morgan fingerprint density at radius 3 is 3.03 bits per heavy atom. The molecule has 0 aliphatic heterocycles. The maximum atomic E-state index is 13.3. The van der Waals surface area contributed by atoms with E-state index in [0.29, 0.717) is 33.4 Å². The van der Waals surface area contributed by atoms with Crippen molar-refractivity contribution in [1.82, 2.24) is 9.55 Å². The van der Waals surface area contributed by atoms with Crippen molar-refractivity contribution in [3.63, 3.8) is 0 Å². The van der Waals surface area contributed by atoms with E-state index in [9.17, 15) is 9.59 Å². The summed E-state index contributed by atoms with van der Waals surface area (Å²) in [4.78, 5) is 32.6. The Bertz CT molecular complexity index is 1240. The number of aryl methyl sites for hydroxylation is 1. The highest BCUT2D eigenvalue weighted by Gasteiger charge is 2.24. The summed E-state index contributed by atoms with van der Waals surface area (Å²) in [6.45, 7) is 6.35. The largest absolute Gasteiger partial charge is 0.324 e. The summed E-state index contributed by atoms with van der Waals surface area (Å²) < 4.78 is 1.60. The van der Waals surface area contributed by atoms with Gasteiger partial charge in [0, 0.05) is 16.4 Å². The number of carbonyl (C=O) groups is 1. The molecule has 0 fully saturated rings. The predicted molar refractivity (Wildman–Crippen MR) is 131 cm³/mol. The van der Waals surface area contributed by atoms with E-state index >= 15 is 0 Å². The maximum Gasteiger partial charge on any atom is 0.263 e. The van der Waals surface area contributed by atoms with Crippen molar-refractivity contribution in [3.05, 3.63) is 61.7 Å². The minimum absolute atomic E-state index is 0.0576. The number of nitrogens with one attached hydrogen (secondary N) is 1. The molecule has 2 aromatic heterocycles. The number of benzene rings is 1. The molecule has 1 amide bonds. The molecule has 162 valence electrons. The first-order valence-electron chi connectivity index (χ1n) is 9.91. The fourth-order valence-corrected chi connectivity index (χ4v) is 6.28. The zero-order valence-electron chi connectivity index (χ0n) is 16.9. The molecule has 1 N–H and O–H groups in total. The zero-order chi connectivity index (χ0) is 22.1. The summed E-state index contributed by atoms with van der Waals surface area (Å²) in [5, 5.41) is 4.89. The molecule has 5 nitrogen and oxygen atoms in total. The molecular formula is C22H21Cl2N3O2S2. The van der Waals surface area contributed by atoms with Gasteiger partial charge >= 0.3 is 0 Å². The SMILES string of the molecule is C=CCn1c(SCC(=O)Nc2cc(Cl)ccc2Cl)nc2sc3c(c2c1=O)CCC(C)C3. The van der Waals surface area contributed by atoms with Gasteiger partial charge in [-0.05, 0) is 48.9 Å². The van der Waals surface area contributed by atoms with Crippen molar-refractivity contribution in [3.8, 4) is 0 Å². The second kappa shape index (κ2) is 9.36. The second-order valence-electron chi connectivity index (χ2n) is 7.59. The fraction of sp³-hybridized carbons (Fsp3) is 0.318. The Morgan fingerprint density at radius 1 is 1.45 bits per heavy atom. The average Bonchev–Trinajstić information content (AvgIpc) is 3.09. The summed E-state index contributed by atoms with van der Waals surface area (Å²) in [5.74, 6) is 0.444. The molecule has 3 aromatic rings. The number of nitrogens with zero attached hydrogens (tertiary/aromatic N) is 2. The van der Waals surface area contributed by atoms with Gasteiger partial charge in [0.05, 0.1) is 21.8 Å². The predicted octanol–water partition coefficient (Wildman–Crippen LogP) is 5.81. The molecule has 1 aliphatic carbocycles. The van der Waals surface area contributed by atoms with Crippen molar-refractivity contribution >= 4 is 68.1 Å². The minimum Gasteiger partial charge on any atom is -0.324 e. The number of fused-ring (bicyclic) bond motifs is 3. The number of halogens is 2. The molecule has 0 radical (unpaired) electrons. The Balaban J connectivity index is 1.61. The van der Waals surface area contributed by atoms with E-state index < -0.39 is 0 Å². The molecule has 31 heavy (non-hydrogen) atoms. The molecule has 4 rings (SSSR count). The van der Waals surface area contributed by atoms with Crippen LogP contribution in [0, 0.1) is 5.92 Å². The normalized spacial score (nSPS) is 15.6. The van der Waals surface area contributed by atoms with Crippen LogP contribution in [0.4, 0.5) is 5.69 Å². The van der Waals surface area contributed by atoms with E-state index in [1.54, 1.807) is 40.2 Å². The Morgan fingerprint density at radius 2 is 2.26 bits per heavy atom. The number of aromatic nitrogens is 2. The van der Waals surface area contributed by atoms with Gasteiger partial charge < -0.3 is 5.32 Å². The molecule has 1 atom stereocenters. The molecular weight excluding hydrogens is 473 g/mol. The summed E-state index contributed by atoms with van der Waals surface area (Å²) in [7, 11) is 0. The molecule has 0 saturated heterocycles. The van der Waals surface area contributed by atoms with Crippen LogP contribution in [0.3, 0.4) is 0 Å². The molecule has 1 aliphatic rings. The van der Waals surface area contributed by atoms with E-state index in [1.807, 2.05) is 0 Å². The number of thiophene rings is 1. The third-order valence-electron chi connectivity index (χ3n) is 5.23. The highest BCUT2D eigenvalue weighted by atomic mass is 35.5. The van der Waals surface area contributed by atoms with Crippen LogP contribution in [-0.4, -0.2) is 21.2 Å². The van der Waals surface area contributed by atoms with Crippen molar-refractivity contribution in [2.24, 2.45) is 5.92 Å². The van der Waals surface area contributed by atoms with Gasteiger partial charge in [-0.1, -0.05) is 48.0 Å². The van der Waals surface area contributed by atoms with E-state index in [4.69, 9.17) is 28.2 Å². The van der Waals surface area contributed by atoms with Crippen LogP contribution in [0.15, 0.2) is 40.8 Å². The zero-order valence-corrected chi connectivity index (χ0v) is 20.1. The van der Waals surface area contributed by atoms with Gasteiger partial charge in [-0.15, -0.1) is 17.9 Å². The molecule has 9 heteroatoms. The molecule has 0 bridgehead atoms. The number of hydrogen-bond donors (Lipinski definition) is 1. The molecule has 2 heterocycles. The lowest BCUT2D eigenvalue weighted by atomic mass is 9.89. The smallest absolute Gasteiger partial charge is 0.263 e.